The maximum atomic E-state index is 12.4. The number of carbonyl (C=O) groups excluding carboxylic acids is 3. The van der Waals surface area contributed by atoms with Crippen LogP contribution in [0.2, 0.25) is 0 Å². The van der Waals surface area contributed by atoms with Crippen molar-refractivity contribution in [3.63, 3.8) is 0 Å². The molecular weight excluding hydrogens is 374 g/mol. The zero-order valence-electron chi connectivity index (χ0n) is 15.9. The SMILES string of the molecule is NC(=O)C1(NC(=O)COCCNC(=O)c2ccccc2)CCOc2ccccc21. The van der Waals surface area contributed by atoms with Gasteiger partial charge in [-0.3, -0.25) is 14.4 Å². The third kappa shape index (κ3) is 4.72. The van der Waals surface area contributed by atoms with Crippen LogP contribution in [0.25, 0.3) is 0 Å². The standard InChI is InChI=1S/C21H23N3O5/c22-20(27)21(10-12-29-17-9-5-4-8-16(17)21)24-18(25)14-28-13-11-23-19(26)15-6-2-1-3-7-15/h1-9H,10-14H2,(H2,22,27)(H,23,26)(H,24,25). The number of ether oxygens (including phenoxy) is 2. The smallest absolute Gasteiger partial charge is 0.251 e. The van der Waals surface area contributed by atoms with Crippen LogP contribution in [0.4, 0.5) is 0 Å². The lowest BCUT2D eigenvalue weighted by Gasteiger charge is -2.36. The molecule has 0 fully saturated rings. The molecule has 1 aliphatic heterocycles. The summed E-state index contributed by atoms with van der Waals surface area (Å²) < 4.78 is 10.9. The van der Waals surface area contributed by atoms with Crippen LogP contribution in [-0.2, 0) is 19.9 Å². The normalized spacial score (nSPS) is 17.5. The Morgan fingerprint density at radius 1 is 1.07 bits per heavy atom. The number of primary amides is 1. The number of fused-ring (bicyclic) bond motifs is 1. The Bertz CT molecular complexity index is 887. The Balaban J connectivity index is 1.50. The van der Waals surface area contributed by atoms with E-state index in [1.54, 1.807) is 48.5 Å². The van der Waals surface area contributed by atoms with Crippen molar-refractivity contribution in [2.24, 2.45) is 5.73 Å². The summed E-state index contributed by atoms with van der Waals surface area (Å²) in [5.74, 6) is -0.834. The molecule has 2 aromatic rings. The van der Waals surface area contributed by atoms with Gasteiger partial charge in [-0.05, 0) is 18.2 Å². The summed E-state index contributed by atoms with van der Waals surface area (Å²) in [5, 5.41) is 5.41. The molecule has 29 heavy (non-hydrogen) atoms. The summed E-state index contributed by atoms with van der Waals surface area (Å²) in [6.45, 7) is 0.389. The number of amides is 3. The molecule has 0 aliphatic carbocycles. The number of hydrogen-bond acceptors (Lipinski definition) is 5. The van der Waals surface area contributed by atoms with Gasteiger partial charge in [-0.2, -0.15) is 0 Å². The van der Waals surface area contributed by atoms with Crippen molar-refractivity contribution in [1.29, 1.82) is 0 Å². The zero-order valence-corrected chi connectivity index (χ0v) is 15.9. The van der Waals surface area contributed by atoms with E-state index in [0.717, 1.165) is 0 Å². The summed E-state index contributed by atoms with van der Waals surface area (Å²) in [7, 11) is 0. The quantitative estimate of drug-likeness (QED) is 0.567. The topological polar surface area (TPSA) is 120 Å². The van der Waals surface area contributed by atoms with Crippen LogP contribution in [0.5, 0.6) is 5.75 Å². The van der Waals surface area contributed by atoms with E-state index in [0.29, 0.717) is 16.9 Å². The Kier molecular flexibility index (Phi) is 6.46. The van der Waals surface area contributed by atoms with E-state index >= 15 is 0 Å². The van der Waals surface area contributed by atoms with Gasteiger partial charge < -0.3 is 25.8 Å². The number of nitrogens with one attached hydrogen (secondary N) is 2. The molecule has 0 aromatic heterocycles. The first-order valence-corrected chi connectivity index (χ1v) is 9.27. The summed E-state index contributed by atoms with van der Waals surface area (Å²) in [5.41, 5.74) is 5.37. The lowest BCUT2D eigenvalue weighted by molar-refractivity contribution is -0.135. The second-order valence-electron chi connectivity index (χ2n) is 6.59. The minimum atomic E-state index is -1.34. The maximum absolute atomic E-state index is 12.4. The van der Waals surface area contributed by atoms with E-state index in [9.17, 15) is 14.4 Å². The zero-order chi connectivity index (χ0) is 20.7. The fraction of sp³-hybridized carbons (Fsp3) is 0.286. The van der Waals surface area contributed by atoms with Crippen molar-refractivity contribution >= 4 is 17.7 Å². The molecule has 1 atom stereocenters. The molecule has 0 radical (unpaired) electrons. The molecule has 0 bridgehead atoms. The Morgan fingerprint density at radius 2 is 1.79 bits per heavy atom. The molecule has 1 aliphatic rings. The second-order valence-corrected chi connectivity index (χ2v) is 6.59. The average Bonchev–Trinajstić information content (AvgIpc) is 2.74. The number of benzene rings is 2. The van der Waals surface area contributed by atoms with Gasteiger partial charge in [-0.15, -0.1) is 0 Å². The Morgan fingerprint density at radius 3 is 2.55 bits per heavy atom. The summed E-state index contributed by atoms with van der Waals surface area (Å²) >= 11 is 0. The predicted molar refractivity (Wildman–Crippen MR) is 105 cm³/mol. The van der Waals surface area contributed by atoms with Crippen LogP contribution in [0.3, 0.4) is 0 Å². The molecule has 2 aromatic carbocycles. The predicted octanol–water partition coefficient (Wildman–Crippen LogP) is 0.713. The van der Waals surface area contributed by atoms with Crippen molar-refractivity contribution in [3.8, 4) is 5.75 Å². The van der Waals surface area contributed by atoms with Gasteiger partial charge in [-0.1, -0.05) is 36.4 Å². The number of nitrogens with two attached hydrogens (primary N) is 1. The minimum Gasteiger partial charge on any atom is -0.493 e. The fourth-order valence-electron chi connectivity index (χ4n) is 3.21. The summed E-state index contributed by atoms with van der Waals surface area (Å²) in [4.78, 5) is 36.5. The fourth-order valence-corrected chi connectivity index (χ4v) is 3.21. The molecule has 3 amide bonds. The number of hydrogen-bond donors (Lipinski definition) is 3. The van der Waals surface area contributed by atoms with Crippen LogP contribution < -0.4 is 21.1 Å². The molecule has 1 heterocycles. The van der Waals surface area contributed by atoms with Gasteiger partial charge in [0.1, 0.15) is 12.4 Å². The first kappa shape index (κ1) is 20.3. The van der Waals surface area contributed by atoms with Crippen LogP contribution in [0.15, 0.2) is 54.6 Å². The number of rotatable bonds is 8. The molecular formula is C21H23N3O5. The van der Waals surface area contributed by atoms with Gasteiger partial charge in [0.15, 0.2) is 5.54 Å². The van der Waals surface area contributed by atoms with E-state index in [1.165, 1.54) is 0 Å². The minimum absolute atomic E-state index is 0.148. The molecule has 8 heteroatoms. The first-order valence-electron chi connectivity index (χ1n) is 9.27. The van der Waals surface area contributed by atoms with Gasteiger partial charge in [0.25, 0.3) is 5.91 Å². The molecule has 0 saturated heterocycles. The second kappa shape index (κ2) is 9.20. The van der Waals surface area contributed by atoms with Gasteiger partial charge >= 0.3 is 0 Å². The van der Waals surface area contributed by atoms with E-state index in [4.69, 9.17) is 15.2 Å². The number of carbonyl (C=O) groups is 3. The Hall–Kier alpha value is -3.39. The molecule has 3 rings (SSSR count). The third-order valence-electron chi connectivity index (χ3n) is 4.66. The average molecular weight is 397 g/mol. The van der Waals surface area contributed by atoms with Crippen LogP contribution >= 0.6 is 0 Å². The molecule has 4 N–H and O–H groups in total. The maximum Gasteiger partial charge on any atom is 0.251 e. The van der Waals surface area contributed by atoms with Gasteiger partial charge in [0.2, 0.25) is 11.8 Å². The Labute approximate surface area is 168 Å². The van der Waals surface area contributed by atoms with Gasteiger partial charge in [0.05, 0.1) is 13.2 Å². The van der Waals surface area contributed by atoms with E-state index in [2.05, 4.69) is 10.6 Å². The van der Waals surface area contributed by atoms with Crippen molar-refractivity contribution in [2.45, 2.75) is 12.0 Å². The van der Waals surface area contributed by atoms with Crippen molar-refractivity contribution < 1.29 is 23.9 Å². The van der Waals surface area contributed by atoms with E-state index in [-0.39, 0.29) is 38.7 Å². The highest BCUT2D eigenvalue weighted by Crippen LogP contribution is 2.36. The highest BCUT2D eigenvalue weighted by atomic mass is 16.5. The summed E-state index contributed by atoms with van der Waals surface area (Å²) in [6, 6.07) is 15.8. The van der Waals surface area contributed by atoms with Crippen LogP contribution in [0.1, 0.15) is 22.3 Å². The summed E-state index contributed by atoms with van der Waals surface area (Å²) in [6.07, 6.45) is 0.234. The lowest BCUT2D eigenvalue weighted by Crippen LogP contribution is -2.57. The van der Waals surface area contributed by atoms with Crippen molar-refractivity contribution in [1.82, 2.24) is 10.6 Å². The van der Waals surface area contributed by atoms with Crippen molar-refractivity contribution in [3.05, 3.63) is 65.7 Å². The van der Waals surface area contributed by atoms with Gasteiger partial charge in [-0.25, -0.2) is 0 Å². The van der Waals surface area contributed by atoms with Crippen LogP contribution in [-0.4, -0.2) is 44.1 Å². The van der Waals surface area contributed by atoms with E-state index in [1.807, 2.05) is 6.07 Å². The molecule has 8 nitrogen and oxygen atoms in total. The highest BCUT2D eigenvalue weighted by Gasteiger charge is 2.44. The monoisotopic (exact) mass is 397 g/mol. The third-order valence-corrected chi connectivity index (χ3v) is 4.66. The van der Waals surface area contributed by atoms with E-state index < -0.39 is 17.4 Å². The largest absolute Gasteiger partial charge is 0.493 e. The van der Waals surface area contributed by atoms with Crippen LogP contribution in [0, 0.1) is 0 Å². The van der Waals surface area contributed by atoms with Crippen molar-refractivity contribution in [2.75, 3.05) is 26.4 Å². The molecule has 152 valence electrons. The lowest BCUT2D eigenvalue weighted by atomic mass is 9.83. The molecule has 0 saturated carbocycles. The highest BCUT2D eigenvalue weighted by molar-refractivity contribution is 5.94. The molecule has 0 spiro atoms. The first-order chi connectivity index (χ1) is 14.0. The van der Waals surface area contributed by atoms with Gasteiger partial charge in [0, 0.05) is 24.1 Å². The number of para-hydroxylation sites is 1. The molecule has 1 unspecified atom stereocenters.